The van der Waals surface area contributed by atoms with E-state index in [1.54, 1.807) is 54.6 Å². The molecule has 0 aliphatic heterocycles. The van der Waals surface area contributed by atoms with E-state index < -0.39 is 42.8 Å². The maximum atomic E-state index is 12.7. The monoisotopic (exact) mass is 805 g/mol. The Bertz CT molecular complexity index is 2380. The van der Waals surface area contributed by atoms with Gasteiger partial charge in [0.15, 0.2) is 11.5 Å². The molecule has 6 aromatic rings. The molecule has 2 heterocycles. The van der Waals surface area contributed by atoms with Crippen molar-refractivity contribution < 1.29 is 51.5 Å². The van der Waals surface area contributed by atoms with Gasteiger partial charge in [-0.05, 0) is 54.4 Å². The molecule has 6 rings (SSSR count). The molecule has 0 aliphatic carbocycles. The van der Waals surface area contributed by atoms with Crippen LogP contribution < -0.4 is 14.1 Å². The number of hydrogen-bond acceptors (Lipinski definition) is 11. The van der Waals surface area contributed by atoms with Gasteiger partial charge in [0.1, 0.15) is 16.9 Å². The van der Waals surface area contributed by atoms with Gasteiger partial charge in [0.2, 0.25) is 5.95 Å². The smallest absolute Gasteiger partial charge is 0.374 e. The maximum Gasteiger partial charge on any atom is 0.534 e. The quantitative estimate of drug-likeness (QED) is 0.0979. The minimum Gasteiger partial charge on any atom is -0.374 e. The highest BCUT2D eigenvalue weighted by Gasteiger charge is 2.49. The van der Waals surface area contributed by atoms with Crippen molar-refractivity contribution in [3.05, 3.63) is 101 Å². The number of benzene rings is 4. The first kappa shape index (κ1) is 38.3. The van der Waals surface area contributed by atoms with Crippen LogP contribution in [0.4, 0.5) is 32.3 Å². The maximum absolute atomic E-state index is 12.7. The van der Waals surface area contributed by atoms with Crippen LogP contribution >= 0.6 is 23.2 Å². The lowest BCUT2D eigenvalue weighted by atomic mass is 10.0. The van der Waals surface area contributed by atoms with Gasteiger partial charge in [-0.15, -0.1) is 0 Å². The standard InChI is InChI=1S/C16H10ClF3N2O3S.C15H9ClF3N3O3S/c1-9-21-8-11-6-10(12-4-2-3-5-13(12)17)7-14(15(11)22-9)25-26(23,24)16(18,19)20;16-11-4-2-1-3-10(11)8-5-9-7-21-14(20)22-13(9)12(6-8)25-26(23,24)15(17,18)19/h2-8H,1H3;1-7H,(H2,20,21,22). The fraction of sp³-hybridized carbons (Fsp3) is 0.0968. The summed E-state index contributed by atoms with van der Waals surface area (Å²) in [5, 5.41) is 1.18. The van der Waals surface area contributed by atoms with Crippen molar-refractivity contribution >= 4 is 71.2 Å². The summed E-state index contributed by atoms with van der Waals surface area (Å²) in [5.74, 6) is -1.20. The number of aromatic nitrogens is 4. The Hall–Kier alpha value is -4.98. The van der Waals surface area contributed by atoms with Crippen LogP contribution in [0.25, 0.3) is 44.1 Å². The van der Waals surface area contributed by atoms with Crippen LogP contribution in [-0.2, 0) is 20.2 Å². The molecule has 0 fully saturated rings. The Morgan fingerprint density at radius 3 is 1.46 bits per heavy atom. The fourth-order valence-corrected chi connectivity index (χ4v) is 5.89. The summed E-state index contributed by atoms with van der Waals surface area (Å²) >= 11 is 12.2. The number of nitrogens with two attached hydrogens (primary N) is 1. The van der Waals surface area contributed by atoms with E-state index in [9.17, 15) is 43.2 Å². The summed E-state index contributed by atoms with van der Waals surface area (Å²) in [5.41, 5.74) is -4.32. The summed E-state index contributed by atoms with van der Waals surface area (Å²) in [6.07, 6.45) is 2.61. The van der Waals surface area contributed by atoms with Crippen molar-refractivity contribution in [2.45, 2.75) is 17.9 Å². The van der Waals surface area contributed by atoms with Gasteiger partial charge in [-0.2, -0.15) is 43.2 Å². The Morgan fingerprint density at radius 2 is 1.04 bits per heavy atom. The van der Waals surface area contributed by atoms with Crippen LogP contribution in [0.1, 0.15) is 5.82 Å². The normalized spacial score (nSPS) is 12.3. The van der Waals surface area contributed by atoms with E-state index in [1.807, 2.05) is 0 Å². The highest BCUT2D eigenvalue weighted by atomic mass is 35.5. The van der Waals surface area contributed by atoms with Crippen molar-refractivity contribution in [1.29, 1.82) is 0 Å². The second kappa shape index (κ2) is 14.2. The predicted octanol–water partition coefficient (Wildman–Crippen LogP) is 8.25. The second-order valence-electron chi connectivity index (χ2n) is 10.4. The first-order valence-electron chi connectivity index (χ1n) is 14.0. The SMILES string of the molecule is Cc1ncc2cc(-c3ccccc3Cl)cc(OS(=O)(=O)C(F)(F)F)c2n1.Nc1ncc2cc(-c3ccccc3Cl)cc(OS(=O)(=O)C(F)(F)F)c2n1. The third-order valence-electron chi connectivity index (χ3n) is 6.77. The molecular weight excluding hydrogens is 787 g/mol. The second-order valence-corrected chi connectivity index (χ2v) is 14.3. The summed E-state index contributed by atoms with van der Waals surface area (Å²) in [7, 11) is -11.8. The van der Waals surface area contributed by atoms with Crippen molar-refractivity contribution in [3.63, 3.8) is 0 Å². The lowest BCUT2D eigenvalue weighted by Crippen LogP contribution is -2.28. The number of alkyl halides is 6. The molecule has 0 saturated heterocycles. The minimum absolute atomic E-state index is 0.0545. The van der Waals surface area contributed by atoms with Crippen molar-refractivity contribution in [1.82, 2.24) is 19.9 Å². The number of fused-ring (bicyclic) bond motifs is 2. The van der Waals surface area contributed by atoms with E-state index in [4.69, 9.17) is 28.9 Å². The largest absolute Gasteiger partial charge is 0.534 e. The van der Waals surface area contributed by atoms with Gasteiger partial charge in [-0.3, -0.25) is 0 Å². The first-order chi connectivity index (χ1) is 24.2. The minimum atomic E-state index is -5.90. The van der Waals surface area contributed by atoms with Gasteiger partial charge in [0, 0.05) is 44.3 Å². The number of anilines is 1. The van der Waals surface area contributed by atoms with Gasteiger partial charge in [-0.25, -0.2) is 19.9 Å². The summed E-state index contributed by atoms with van der Waals surface area (Å²) < 4.78 is 131. The molecule has 0 radical (unpaired) electrons. The number of nitrogen functional groups attached to an aromatic ring is 1. The van der Waals surface area contributed by atoms with E-state index in [0.29, 0.717) is 37.7 Å². The lowest BCUT2D eigenvalue weighted by molar-refractivity contribution is -0.0504. The fourth-order valence-electron chi connectivity index (χ4n) is 4.49. The van der Waals surface area contributed by atoms with Gasteiger partial charge in [0.05, 0.1) is 0 Å². The first-order valence-corrected chi connectivity index (χ1v) is 17.6. The molecule has 272 valence electrons. The summed E-state index contributed by atoms with van der Waals surface area (Å²) in [6.45, 7) is 1.52. The molecule has 2 aromatic heterocycles. The van der Waals surface area contributed by atoms with Crippen LogP contribution in [0.5, 0.6) is 11.5 Å². The Morgan fingerprint density at radius 1 is 0.635 bits per heavy atom. The molecule has 0 spiro atoms. The van der Waals surface area contributed by atoms with Crippen LogP contribution in [0, 0.1) is 6.92 Å². The highest BCUT2D eigenvalue weighted by molar-refractivity contribution is 7.88. The predicted molar refractivity (Wildman–Crippen MR) is 180 cm³/mol. The van der Waals surface area contributed by atoms with Crippen molar-refractivity contribution in [2.75, 3.05) is 5.73 Å². The van der Waals surface area contributed by atoms with Crippen molar-refractivity contribution in [2.24, 2.45) is 0 Å². The van der Waals surface area contributed by atoms with Crippen LogP contribution in [0.3, 0.4) is 0 Å². The third kappa shape index (κ3) is 8.22. The zero-order chi connectivity index (χ0) is 38.2. The van der Waals surface area contributed by atoms with E-state index in [2.05, 4.69) is 28.3 Å². The van der Waals surface area contributed by atoms with E-state index in [1.165, 1.54) is 25.4 Å². The molecule has 0 unspecified atom stereocenters. The van der Waals surface area contributed by atoms with E-state index in [0.717, 1.165) is 12.1 Å². The third-order valence-corrected chi connectivity index (χ3v) is 9.36. The molecule has 0 atom stereocenters. The Balaban J connectivity index is 0.000000201. The molecule has 4 aromatic carbocycles. The summed E-state index contributed by atoms with van der Waals surface area (Å²) in [4.78, 5) is 15.5. The van der Waals surface area contributed by atoms with Crippen LogP contribution in [0.15, 0.2) is 85.2 Å². The number of nitrogens with zero attached hydrogens (tertiary/aromatic N) is 4. The molecular formula is C31H19Cl2F6N5O6S2. The Labute approximate surface area is 300 Å². The van der Waals surface area contributed by atoms with Gasteiger partial charge >= 0.3 is 31.3 Å². The van der Waals surface area contributed by atoms with E-state index in [-0.39, 0.29) is 28.2 Å². The summed E-state index contributed by atoms with van der Waals surface area (Å²) in [6, 6.07) is 18.5. The molecule has 0 bridgehead atoms. The zero-order valence-corrected chi connectivity index (χ0v) is 28.9. The lowest BCUT2D eigenvalue weighted by Gasteiger charge is -2.13. The van der Waals surface area contributed by atoms with Crippen LogP contribution in [0.2, 0.25) is 10.0 Å². The average molecular weight is 807 g/mol. The van der Waals surface area contributed by atoms with Gasteiger partial charge in [-0.1, -0.05) is 59.6 Å². The Kier molecular flexibility index (Phi) is 10.5. The topological polar surface area (TPSA) is 164 Å². The number of hydrogen-bond donors (Lipinski definition) is 1. The van der Waals surface area contributed by atoms with Gasteiger partial charge < -0.3 is 14.1 Å². The molecule has 52 heavy (non-hydrogen) atoms. The zero-order valence-electron chi connectivity index (χ0n) is 25.7. The molecule has 0 amide bonds. The molecule has 0 saturated carbocycles. The van der Waals surface area contributed by atoms with Crippen LogP contribution in [-0.4, -0.2) is 47.8 Å². The van der Waals surface area contributed by atoms with Gasteiger partial charge in [0.25, 0.3) is 0 Å². The molecule has 2 N–H and O–H groups in total. The molecule has 0 aliphatic rings. The number of halogens is 8. The molecule has 11 nitrogen and oxygen atoms in total. The number of rotatable bonds is 6. The van der Waals surface area contributed by atoms with E-state index >= 15 is 0 Å². The molecule has 21 heteroatoms. The average Bonchev–Trinajstić information content (AvgIpc) is 3.04. The van der Waals surface area contributed by atoms with Crippen molar-refractivity contribution in [3.8, 4) is 33.8 Å². The number of aryl methyl sites for hydroxylation is 1. The highest BCUT2D eigenvalue weighted by Crippen LogP contribution is 2.39.